The number of carbonyl (C=O) groups is 1. The average molecular weight is 356 g/mol. The van der Waals surface area contributed by atoms with Crippen LogP contribution >= 0.6 is 0 Å². The van der Waals surface area contributed by atoms with Crippen molar-refractivity contribution < 1.29 is 4.79 Å². The van der Waals surface area contributed by atoms with Gasteiger partial charge in [0.25, 0.3) is 5.91 Å². The first-order valence-corrected chi connectivity index (χ1v) is 9.32. The minimum absolute atomic E-state index is 0.150. The molecule has 5 nitrogen and oxygen atoms in total. The lowest BCUT2D eigenvalue weighted by Gasteiger charge is -2.11. The Balaban J connectivity index is 1.47. The molecule has 1 aliphatic rings. The molecule has 5 heteroatoms. The summed E-state index contributed by atoms with van der Waals surface area (Å²) >= 11 is 0. The Morgan fingerprint density at radius 1 is 1.07 bits per heavy atom. The monoisotopic (exact) mass is 356 g/mol. The maximum absolute atomic E-state index is 12.8. The molecular formula is C22H20N4O. The van der Waals surface area contributed by atoms with Gasteiger partial charge >= 0.3 is 0 Å². The van der Waals surface area contributed by atoms with Gasteiger partial charge in [-0.05, 0) is 31.0 Å². The zero-order chi connectivity index (χ0) is 18.2. The summed E-state index contributed by atoms with van der Waals surface area (Å²) in [6.07, 6.45) is 5.50. The van der Waals surface area contributed by atoms with Crippen LogP contribution in [0, 0.1) is 0 Å². The van der Waals surface area contributed by atoms with Crippen molar-refractivity contribution in [3.63, 3.8) is 0 Å². The van der Waals surface area contributed by atoms with Crippen LogP contribution in [0.2, 0.25) is 0 Å². The van der Waals surface area contributed by atoms with Crippen LogP contribution in [0.15, 0.2) is 60.8 Å². The van der Waals surface area contributed by atoms with Crippen molar-refractivity contribution in [1.29, 1.82) is 0 Å². The number of carbonyl (C=O) groups excluding carboxylic acids is 1. The number of anilines is 1. The number of amides is 1. The van der Waals surface area contributed by atoms with Gasteiger partial charge in [-0.25, -0.2) is 4.98 Å². The smallest absolute Gasteiger partial charge is 0.272 e. The van der Waals surface area contributed by atoms with Crippen molar-refractivity contribution in [2.24, 2.45) is 0 Å². The third kappa shape index (κ3) is 2.91. The van der Waals surface area contributed by atoms with Crippen molar-refractivity contribution in [2.45, 2.75) is 25.8 Å². The highest BCUT2D eigenvalue weighted by Crippen LogP contribution is 2.29. The molecule has 2 aromatic carbocycles. The normalized spacial score (nSPS) is 13.5. The number of benzene rings is 2. The average Bonchev–Trinajstić information content (AvgIpc) is 3.32. The summed E-state index contributed by atoms with van der Waals surface area (Å²) in [5, 5.41) is 4.07. The van der Waals surface area contributed by atoms with E-state index >= 15 is 0 Å². The summed E-state index contributed by atoms with van der Waals surface area (Å²) in [5.74, 6) is 0.982. The van der Waals surface area contributed by atoms with Gasteiger partial charge in [-0.3, -0.25) is 4.79 Å². The number of aromatic nitrogens is 3. The van der Waals surface area contributed by atoms with Crippen molar-refractivity contribution >= 4 is 22.5 Å². The van der Waals surface area contributed by atoms with Gasteiger partial charge < -0.3 is 14.9 Å². The van der Waals surface area contributed by atoms with E-state index in [1.807, 2.05) is 54.6 Å². The molecule has 5 rings (SSSR count). The van der Waals surface area contributed by atoms with E-state index in [4.69, 9.17) is 4.98 Å². The zero-order valence-corrected chi connectivity index (χ0v) is 14.9. The van der Waals surface area contributed by atoms with Gasteiger partial charge in [0.2, 0.25) is 0 Å². The predicted molar refractivity (Wildman–Crippen MR) is 107 cm³/mol. The Hall–Kier alpha value is -3.34. The molecule has 0 bridgehead atoms. The Labute approximate surface area is 157 Å². The summed E-state index contributed by atoms with van der Waals surface area (Å²) in [7, 11) is 0. The molecule has 2 N–H and O–H groups in total. The van der Waals surface area contributed by atoms with E-state index in [2.05, 4.69) is 21.1 Å². The minimum Gasteiger partial charge on any atom is -0.351 e. The molecule has 3 heterocycles. The minimum atomic E-state index is -0.150. The third-order valence-corrected chi connectivity index (χ3v) is 5.13. The van der Waals surface area contributed by atoms with Crippen LogP contribution < -0.4 is 5.32 Å². The van der Waals surface area contributed by atoms with E-state index in [9.17, 15) is 4.79 Å². The lowest BCUT2D eigenvalue weighted by Crippen LogP contribution is -2.13. The van der Waals surface area contributed by atoms with Crippen LogP contribution in [-0.2, 0) is 13.0 Å². The largest absolute Gasteiger partial charge is 0.351 e. The predicted octanol–water partition coefficient (Wildman–Crippen LogP) is 4.62. The maximum Gasteiger partial charge on any atom is 0.272 e. The lowest BCUT2D eigenvalue weighted by molar-refractivity contribution is 0.102. The van der Waals surface area contributed by atoms with Crippen molar-refractivity contribution in [2.75, 3.05) is 5.32 Å². The Bertz CT molecular complexity index is 1080. The molecule has 0 fully saturated rings. The number of fused-ring (bicyclic) bond motifs is 2. The number of nitrogens with one attached hydrogen (secondary N) is 2. The molecule has 1 amide bonds. The second-order valence-corrected chi connectivity index (χ2v) is 6.96. The number of nitrogens with zero attached hydrogens (tertiary/aromatic N) is 2. The fourth-order valence-electron chi connectivity index (χ4n) is 3.74. The lowest BCUT2D eigenvalue weighted by atomic mass is 10.1. The SMILES string of the molecule is O=C(Nc1ccccc1-c1cn2c(n1)CCCC2)c1cc2ccccc2[nH]1. The highest BCUT2D eigenvalue weighted by Gasteiger charge is 2.17. The molecule has 0 saturated carbocycles. The van der Waals surface area contributed by atoms with Gasteiger partial charge in [0.1, 0.15) is 11.5 Å². The Morgan fingerprint density at radius 2 is 1.93 bits per heavy atom. The quantitative estimate of drug-likeness (QED) is 0.563. The molecule has 0 unspecified atom stereocenters. The van der Waals surface area contributed by atoms with E-state index in [0.717, 1.165) is 46.6 Å². The second kappa shape index (κ2) is 6.43. The van der Waals surface area contributed by atoms with E-state index < -0.39 is 0 Å². The number of H-pyrrole nitrogens is 1. The molecule has 0 radical (unpaired) electrons. The third-order valence-electron chi connectivity index (χ3n) is 5.13. The molecule has 0 saturated heterocycles. The first-order valence-electron chi connectivity index (χ1n) is 9.32. The van der Waals surface area contributed by atoms with Crippen molar-refractivity contribution in [3.05, 3.63) is 72.3 Å². The summed E-state index contributed by atoms with van der Waals surface area (Å²) in [5.41, 5.74) is 4.15. The molecule has 0 aliphatic carbocycles. The molecule has 0 spiro atoms. The molecule has 134 valence electrons. The van der Waals surface area contributed by atoms with E-state index in [1.54, 1.807) is 0 Å². The van der Waals surface area contributed by atoms with Gasteiger partial charge in [-0.1, -0.05) is 36.4 Å². The first kappa shape index (κ1) is 15.9. The Kier molecular flexibility index (Phi) is 3.78. The van der Waals surface area contributed by atoms with Crippen LogP contribution in [-0.4, -0.2) is 20.4 Å². The van der Waals surface area contributed by atoms with Gasteiger partial charge in [0, 0.05) is 35.6 Å². The van der Waals surface area contributed by atoms with E-state index in [0.29, 0.717) is 5.69 Å². The number of aryl methyl sites for hydroxylation is 2. The fourth-order valence-corrected chi connectivity index (χ4v) is 3.74. The van der Waals surface area contributed by atoms with Crippen LogP contribution in [0.4, 0.5) is 5.69 Å². The fraction of sp³-hybridized carbons (Fsp3) is 0.182. The van der Waals surface area contributed by atoms with Crippen LogP contribution in [0.5, 0.6) is 0 Å². The number of aromatic amines is 1. The highest BCUT2D eigenvalue weighted by molar-refractivity contribution is 6.07. The number of rotatable bonds is 3. The number of para-hydroxylation sites is 2. The molecular weight excluding hydrogens is 336 g/mol. The highest BCUT2D eigenvalue weighted by atomic mass is 16.1. The van der Waals surface area contributed by atoms with Gasteiger partial charge in [-0.15, -0.1) is 0 Å². The topological polar surface area (TPSA) is 62.7 Å². The number of hydrogen-bond acceptors (Lipinski definition) is 2. The molecule has 27 heavy (non-hydrogen) atoms. The van der Waals surface area contributed by atoms with E-state index in [-0.39, 0.29) is 5.91 Å². The van der Waals surface area contributed by atoms with Gasteiger partial charge in [0.15, 0.2) is 0 Å². The first-order chi connectivity index (χ1) is 13.3. The summed E-state index contributed by atoms with van der Waals surface area (Å²) in [6.45, 7) is 1.02. The molecule has 0 atom stereocenters. The van der Waals surface area contributed by atoms with Gasteiger partial charge in [-0.2, -0.15) is 0 Å². The number of hydrogen-bond donors (Lipinski definition) is 2. The molecule has 1 aliphatic heterocycles. The maximum atomic E-state index is 12.8. The standard InChI is InChI=1S/C22H20N4O/c27-22(19-13-15-7-1-3-9-17(15)23-19)25-18-10-4-2-8-16(18)20-14-26-12-6-5-11-21(26)24-20/h1-4,7-10,13-14,23H,5-6,11-12H2,(H,25,27). The summed E-state index contributed by atoms with van der Waals surface area (Å²) in [4.78, 5) is 20.8. The van der Waals surface area contributed by atoms with Crippen molar-refractivity contribution in [1.82, 2.24) is 14.5 Å². The Morgan fingerprint density at radius 3 is 2.81 bits per heavy atom. The second-order valence-electron chi connectivity index (χ2n) is 6.96. The van der Waals surface area contributed by atoms with Crippen LogP contribution in [0.25, 0.3) is 22.2 Å². The molecule has 4 aromatic rings. The molecule has 2 aromatic heterocycles. The zero-order valence-electron chi connectivity index (χ0n) is 14.9. The van der Waals surface area contributed by atoms with Crippen LogP contribution in [0.1, 0.15) is 29.2 Å². The summed E-state index contributed by atoms with van der Waals surface area (Å²) in [6, 6.07) is 17.6. The number of imidazole rings is 1. The summed E-state index contributed by atoms with van der Waals surface area (Å²) < 4.78 is 2.23. The van der Waals surface area contributed by atoms with Gasteiger partial charge in [0.05, 0.1) is 11.4 Å². The van der Waals surface area contributed by atoms with E-state index in [1.165, 1.54) is 12.8 Å². The van der Waals surface area contributed by atoms with Crippen LogP contribution in [0.3, 0.4) is 0 Å². The van der Waals surface area contributed by atoms with Crippen molar-refractivity contribution in [3.8, 4) is 11.3 Å².